The van der Waals surface area contributed by atoms with Gasteiger partial charge in [-0.3, -0.25) is 0 Å². The van der Waals surface area contributed by atoms with E-state index in [1.54, 1.807) is 0 Å². The molecule has 100 valence electrons. The van der Waals surface area contributed by atoms with Gasteiger partial charge in [-0.1, -0.05) is 30.3 Å². The molecule has 0 bridgehead atoms. The number of hydrogen-bond donors (Lipinski definition) is 1. The zero-order valence-electron chi connectivity index (χ0n) is 11.1. The molecule has 0 radical (unpaired) electrons. The highest BCUT2D eigenvalue weighted by Crippen LogP contribution is 2.20. The number of nitrogens with one attached hydrogen (secondary N) is 1. The Morgan fingerprint density at radius 3 is 2.32 bits per heavy atom. The van der Waals surface area contributed by atoms with Crippen LogP contribution < -0.4 is 10.1 Å². The van der Waals surface area contributed by atoms with Gasteiger partial charge >= 0.3 is 0 Å². The zero-order chi connectivity index (χ0) is 13.3. The lowest BCUT2D eigenvalue weighted by atomic mass is 10.2. The summed E-state index contributed by atoms with van der Waals surface area (Å²) in [5.74, 6) is 2.89. The Morgan fingerprint density at radius 2 is 1.63 bits per heavy atom. The van der Waals surface area contributed by atoms with Crippen molar-refractivity contribution in [2.45, 2.75) is 6.54 Å². The lowest BCUT2D eigenvalue weighted by molar-refractivity contribution is 0.482. The number of hydrogen-bond acceptors (Lipinski definition) is 3. The summed E-state index contributed by atoms with van der Waals surface area (Å²) >= 11 is 1.86. The first-order valence-corrected chi connectivity index (χ1v) is 7.79. The zero-order valence-corrected chi connectivity index (χ0v) is 12.0. The molecule has 0 saturated heterocycles. The van der Waals surface area contributed by atoms with E-state index in [0.717, 1.165) is 30.3 Å². The van der Waals surface area contributed by atoms with Crippen LogP contribution in [0.3, 0.4) is 0 Å². The van der Waals surface area contributed by atoms with E-state index >= 15 is 0 Å². The van der Waals surface area contributed by atoms with Crippen molar-refractivity contribution in [2.24, 2.45) is 0 Å². The summed E-state index contributed by atoms with van der Waals surface area (Å²) in [6.45, 7) is 1.95. The molecule has 0 fully saturated rings. The summed E-state index contributed by atoms with van der Waals surface area (Å²) in [6, 6.07) is 18.1. The van der Waals surface area contributed by atoms with E-state index in [0.29, 0.717) is 0 Å². The van der Waals surface area contributed by atoms with Crippen LogP contribution in [0.15, 0.2) is 54.6 Å². The highest BCUT2D eigenvalue weighted by molar-refractivity contribution is 7.98. The van der Waals surface area contributed by atoms with Crippen LogP contribution in [0, 0.1) is 0 Å². The van der Waals surface area contributed by atoms with E-state index in [-0.39, 0.29) is 0 Å². The molecule has 0 aliphatic rings. The van der Waals surface area contributed by atoms with Gasteiger partial charge in [0.25, 0.3) is 0 Å². The standard InChI is InChI=1S/C16H19NOS/c1-19-12-11-17-13-14-7-9-16(10-8-14)18-15-5-3-2-4-6-15/h2-10,17H,11-13H2,1H3. The van der Waals surface area contributed by atoms with Crippen LogP contribution in [-0.4, -0.2) is 18.6 Å². The van der Waals surface area contributed by atoms with Crippen molar-refractivity contribution in [3.63, 3.8) is 0 Å². The van der Waals surface area contributed by atoms with Crippen LogP contribution >= 0.6 is 11.8 Å². The summed E-state index contributed by atoms with van der Waals surface area (Å²) < 4.78 is 5.75. The monoisotopic (exact) mass is 273 g/mol. The molecule has 2 rings (SSSR count). The average Bonchev–Trinajstić information content (AvgIpc) is 2.46. The van der Waals surface area contributed by atoms with Crippen LogP contribution in [0.25, 0.3) is 0 Å². The van der Waals surface area contributed by atoms with Crippen LogP contribution in [0.1, 0.15) is 5.56 Å². The normalized spacial score (nSPS) is 10.4. The van der Waals surface area contributed by atoms with Crippen molar-refractivity contribution in [1.29, 1.82) is 0 Å². The molecule has 0 heterocycles. The molecule has 0 aromatic heterocycles. The average molecular weight is 273 g/mol. The van der Waals surface area contributed by atoms with Gasteiger partial charge in [0.05, 0.1) is 0 Å². The molecule has 0 spiro atoms. The largest absolute Gasteiger partial charge is 0.457 e. The molecule has 0 unspecified atom stereocenters. The fraction of sp³-hybridized carbons (Fsp3) is 0.250. The molecule has 3 heteroatoms. The molecule has 19 heavy (non-hydrogen) atoms. The number of ether oxygens (including phenoxy) is 1. The van der Waals surface area contributed by atoms with Crippen molar-refractivity contribution in [3.8, 4) is 11.5 Å². The predicted molar refractivity (Wildman–Crippen MR) is 83.0 cm³/mol. The fourth-order valence-corrected chi connectivity index (χ4v) is 2.06. The maximum Gasteiger partial charge on any atom is 0.127 e. The smallest absolute Gasteiger partial charge is 0.127 e. The minimum Gasteiger partial charge on any atom is -0.457 e. The second-order valence-electron chi connectivity index (χ2n) is 4.23. The van der Waals surface area contributed by atoms with Gasteiger partial charge in [-0.2, -0.15) is 11.8 Å². The van der Waals surface area contributed by atoms with Gasteiger partial charge in [0.1, 0.15) is 11.5 Å². The highest BCUT2D eigenvalue weighted by atomic mass is 32.2. The van der Waals surface area contributed by atoms with Crippen LogP contribution in [-0.2, 0) is 6.54 Å². The van der Waals surface area contributed by atoms with Crippen molar-refractivity contribution >= 4 is 11.8 Å². The molecule has 2 nitrogen and oxygen atoms in total. The van der Waals surface area contributed by atoms with Gasteiger partial charge in [-0.05, 0) is 36.1 Å². The second kappa shape index (κ2) is 7.87. The molecular formula is C16H19NOS. The quantitative estimate of drug-likeness (QED) is 0.772. The topological polar surface area (TPSA) is 21.3 Å². The van der Waals surface area contributed by atoms with Gasteiger partial charge in [0, 0.05) is 18.8 Å². The van der Waals surface area contributed by atoms with E-state index < -0.39 is 0 Å². The summed E-state index contributed by atoms with van der Waals surface area (Å²) in [5, 5.41) is 3.41. The summed E-state index contributed by atoms with van der Waals surface area (Å²) in [6.07, 6.45) is 2.12. The SMILES string of the molecule is CSCCNCc1ccc(Oc2ccccc2)cc1. The molecule has 1 N–H and O–H groups in total. The number of thioether (sulfide) groups is 1. The van der Waals surface area contributed by atoms with Crippen molar-refractivity contribution in [1.82, 2.24) is 5.32 Å². The van der Waals surface area contributed by atoms with E-state index in [4.69, 9.17) is 4.74 Å². The lowest BCUT2D eigenvalue weighted by Gasteiger charge is -2.07. The first kappa shape index (κ1) is 14.0. The Morgan fingerprint density at radius 1 is 0.947 bits per heavy atom. The number of para-hydroxylation sites is 1. The molecule has 2 aromatic rings. The fourth-order valence-electron chi connectivity index (χ4n) is 1.71. The minimum absolute atomic E-state index is 0.869. The third kappa shape index (κ3) is 4.97. The summed E-state index contributed by atoms with van der Waals surface area (Å²) in [5.41, 5.74) is 1.28. The molecule has 2 aromatic carbocycles. The van der Waals surface area contributed by atoms with E-state index in [9.17, 15) is 0 Å². The van der Waals surface area contributed by atoms with Crippen LogP contribution in [0.2, 0.25) is 0 Å². The number of benzene rings is 2. The Bertz CT molecular complexity index is 470. The van der Waals surface area contributed by atoms with Crippen LogP contribution in [0.5, 0.6) is 11.5 Å². The molecular weight excluding hydrogens is 254 g/mol. The van der Waals surface area contributed by atoms with E-state index in [1.807, 2.05) is 54.2 Å². The summed E-state index contributed by atoms with van der Waals surface area (Å²) in [7, 11) is 0. The minimum atomic E-state index is 0.869. The van der Waals surface area contributed by atoms with Gasteiger partial charge in [0.15, 0.2) is 0 Å². The Hall–Kier alpha value is -1.45. The Kier molecular flexibility index (Phi) is 5.79. The third-order valence-electron chi connectivity index (χ3n) is 2.71. The second-order valence-corrected chi connectivity index (χ2v) is 5.21. The lowest BCUT2D eigenvalue weighted by Crippen LogP contribution is -2.16. The molecule has 0 atom stereocenters. The maximum absolute atomic E-state index is 5.75. The first-order chi connectivity index (χ1) is 9.38. The third-order valence-corrected chi connectivity index (χ3v) is 3.33. The maximum atomic E-state index is 5.75. The van der Waals surface area contributed by atoms with E-state index in [2.05, 4.69) is 23.7 Å². The Balaban J connectivity index is 1.84. The van der Waals surface area contributed by atoms with Gasteiger partial charge in [-0.15, -0.1) is 0 Å². The molecule has 0 amide bonds. The highest BCUT2D eigenvalue weighted by Gasteiger charge is 1.97. The summed E-state index contributed by atoms with van der Waals surface area (Å²) in [4.78, 5) is 0. The van der Waals surface area contributed by atoms with Gasteiger partial charge < -0.3 is 10.1 Å². The van der Waals surface area contributed by atoms with Gasteiger partial charge in [-0.25, -0.2) is 0 Å². The first-order valence-electron chi connectivity index (χ1n) is 6.40. The molecule has 0 saturated carbocycles. The molecule has 0 aliphatic heterocycles. The predicted octanol–water partition coefficient (Wildman–Crippen LogP) is 3.93. The van der Waals surface area contributed by atoms with Gasteiger partial charge in [0.2, 0.25) is 0 Å². The molecule has 0 aliphatic carbocycles. The van der Waals surface area contributed by atoms with Crippen LogP contribution in [0.4, 0.5) is 0 Å². The van der Waals surface area contributed by atoms with Crippen molar-refractivity contribution in [3.05, 3.63) is 60.2 Å². The van der Waals surface area contributed by atoms with Crippen molar-refractivity contribution in [2.75, 3.05) is 18.6 Å². The van der Waals surface area contributed by atoms with Crippen molar-refractivity contribution < 1.29 is 4.74 Å². The number of rotatable bonds is 7. The Labute approximate surface area is 119 Å². The van der Waals surface area contributed by atoms with E-state index in [1.165, 1.54) is 5.56 Å².